The van der Waals surface area contributed by atoms with Crippen molar-refractivity contribution in [3.63, 3.8) is 0 Å². The van der Waals surface area contributed by atoms with Gasteiger partial charge in [-0.2, -0.15) is 23.4 Å². The molecule has 0 N–H and O–H groups in total. The fourth-order valence-electron chi connectivity index (χ4n) is 2.14. The lowest BCUT2D eigenvalue weighted by Gasteiger charge is -2.05. The lowest BCUT2D eigenvalue weighted by Crippen LogP contribution is -2.04. The quantitative estimate of drug-likeness (QED) is 0.391. The van der Waals surface area contributed by atoms with Gasteiger partial charge in [0, 0.05) is 0 Å². The van der Waals surface area contributed by atoms with Crippen molar-refractivity contribution in [2.24, 2.45) is 10.2 Å². The molecule has 0 aliphatic rings. The van der Waals surface area contributed by atoms with E-state index < -0.39 is 23.4 Å². The second-order valence-electron chi connectivity index (χ2n) is 5.33. The second kappa shape index (κ2) is 8.00. The van der Waals surface area contributed by atoms with Gasteiger partial charge < -0.3 is 0 Å². The standard InChI is InChI=1S/C18H15F5N2/c1-2-3-13-8-16(19)15(17(20)9-13)11-25-24-10-12-4-6-14(7-5-12)18(21,22)23/h4-11H,2-3H2,1H3/b24-10+,25-11+. The Bertz CT molecular complexity index is 754. The molecule has 0 heterocycles. The Balaban J connectivity index is 2.09. The fraction of sp³-hybridized carbons (Fsp3) is 0.222. The normalized spacial score (nSPS) is 12.4. The largest absolute Gasteiger partial charge is 0.416 e. The first-order valence-corrected chi connectivity index (χ1v) is 7.53. The zero-order chi connectivity index (χ0) is 18.4. The van der Waals surface area contributed by atoms with E-state index >= 15 is 0 Å². The third-order valence-electron chi connectivity index (χ3n) is 3.38. The van der Waals surface area contributed by atoms with Gasteiger partial charge in [-0.05, 0) is 41.8 Å². The van der Waals surface area contributed by atoms with Crippen molar-refractivity contribution in [2.45, 2.75) is 25.9 Å². The van der Waals surface area contributed by atoms with Gasteiger partial charge in [0.05, 0.1) is 23.6 Å². The van der Waals surface area contributed by atoms with E-state index in [1.54, 1.807) is 0 Å². The minimum atomic E-state index is -4.41. The Kier molecular flexibility index (Phi) is 6.01. The van der Waals surface area contributed by atoms with E-state index in [4.69, 9.17) is 0 Å². The van der Waals surface area contributed by atoms with Crippen LogP contribution in [0.1, 0.15) is 35.6 Å². The van der Waals surface area contributed by atoms with Gasteiger partial charge in [0.2, 0.25) is 0 Å². The van der Waals surface area contributed by atoms with Gasteiger partial charge in [-0.1, -0.05) is 25.5 Å². The number of hydrogen-bond acceptors (Lipinski definition) is 2. The number of alkyl halides is 3. The Morgan fingerprint density at radius 1 is 0.920 bits per heavy atom. The summed E-state index contributed by atoms with van der Waals surface area (Å²) >= 11 is 0. The van der Waals surface area contributed by atoms with Crippen LogP contribution in [0.25, 0.3) is 0 Å². The molecule has 0 aliphatic carbocycles. The molecule has 25 heavy (non-hydrogen) atoms. The summed E-state index contributed by atoms with van der Waals surface area (Å²) in [5.74, 6) is -1.48. The molecular formula is C18H15F5N2. The van der Waals surface area contributed by atoms with Crippen molar-refractivity contribution < 1.29 is 22.0 Å². The maximum Gasteiger partial charge on any atom is 0.416 e. The number of rotatable bonds is 5. The van der Waals surface area contributed by atoms with Gasteiger partial charge in [0.1, 0.15) is 11.6 Å². The van der Waals surface area contributed by atoms with E-state index in [0.29, 0.717) is 17.5 Å². The highest BCUT2D eigenvalue weighted by Crippen LogP contribution is 2.28. The Morgan fingerprint density at radius 3 is 2.00 bits per heavy atom. The van der Waals surface area contributed by atoms with Crippen LogP contribution in [-0.4, -0.2) is 12.4 Å². The second-order valence-corrected chi connectivity index (χ2v) is 5.33. The lowest BCUT2D eigenvalue weighted by atomic mass is 10.1. The molecule has 132 valence electrons. The van der Waals surface area contributed by atoms with Crippen LogP contribution in [0.15, 0.2) is 46.6 Å². The maximum atomic E-state index is 13.9. The first-order valence-electron chi connectivity index (χ1n) is 7.53. The van der Waals surface area contributed by atoms with Gasteiger partial charge in [0.25, 0.3) is 0 Å². The van der Waals surface area contributed by atoms with Crippen molar-refractivity contribution in [3.05, 3.63) is 70.3 Å². The van der Waals surface area contributed by atoms with Gasteiger partial charge in [-0.25, -0.2) is 8.78 Å². The average Bonchev–Trinajstić information content (AvgIpc) is 2.53. The Morgan fingerprint density at radius 2 is 1.48 bits per heavy atom. The van der Waals surface area contributed by atoms with Crippen LogP contribution in [0, 0.1) is 11.6 Å². The monoisotopic (exact) mass is 354 g/mol. The van der Waals surface area contributed by atoms with Crippen molar-refractivity contribution >= 4 is 12.4 Å². The molecular weight excluding hydrogens is 339 g/mol. The van der Waals surface area contributed by atoms with E-state index in [2.05, 4.69) is 10.2 Å². The Hall–Kier alpha value is -2.57. The highest BCUT2D eigenvalue weighted by atomic mass is 19.4. The van der Waals surface area contributed by atoms with Crippen molar-refractivity contribution in [2.75, 3.05) is 0 Å². The number of aryl methyl sites for hydroxylation is 1. The zero-order valence-corrected chi connectivity index (χ0v) is 13.3. The SMILES string of the molecule is CCCc1cc(F)c(/C=N/N=C/c2ccc(C(F)(F)F)cc2)c(F)c1. The van der Waals surface area contributed by atoms with E-state index in [0.717, 1.165) is 24.8 Å². The molecule has 7 heteroatoms. The molecule has 2 aromatic carbocycles. The van der Waals surface area contributed by atoms with Crippen molar-refractivity contribution in [3.8, 4) is 0 Å². The first kappa shape index (κ1) is 18.8. The summed E-state index contributed by atoms with van der Waals surface area (Å²) in [5, 5.41) is 7.15. The molecule has 0 amide bonds. The first-order chi connectivity index (χ1) is 11.8. The van der Waals surface area contributed by atoms with Crippen LogP contribution < -0.4 is 0 Å². The third-order valence-corrected chi connectivity index (χ3v) is 3.38. The predicted octanol–water partition coefficient (Wildman–Crippen LogP) is 5.39. The topological polar surface area (TPSA) is 24.7 Å². The van der Waals surface area contributed by atoms with Crippen LogP contribution in [0.2, 0.25) is 0 Å². The van der Waals surface area contributed by atoms with Crippen LogP contribution in [0.3, 0.4) is 0 Å². The van der Waals surface area contributed by atoms with Gasteiger partial charge in [0.15, 0.2) is 0 Å². The molecule has 0 aromatic heterocycles. The van der Waals surface area contributed by atoms with Crippen molar-refractivity contribution in [1.82, 2.24) is 0 Å². The number of halogens is 5. The van der Waals surface area contributed by atoms with E-state index in [-0.39, 0.29) is 5.56 Å². The van der Waals surface area contributed by atoms with Crippen LogP contribution in [0.5, 0.6) is 0 Å². The lowest BCUT2D eigenvalue weighted by molar-refractivity contribution is -0.137. The minimum absolute atomic E-state index is 0.315. The molecule has 2 aromatic rings. The summed E-state index contributed by atoms with van der Waals surface area (Å²) in [6, 6.07) is 6.76. The molecule has 0 atom stereocenters. The molecule has 0 fully saturated rings. The number of benzene rings is 2. The van der Waals surface area contributed by atoms with E-state index in [1.807, 2.05) is 6.92 Å². The maximum absolute atomic E-state index is 13.9. The highest BCUT2D eigenvalue weighted by molar-refractivity contribution is 5.83. The van der Waals surface area contributed by atoms with Gasteiger partial charge in [-0.15, -0.1) is 0 Å². The smallest absolute Gasteiger partial charge is 0.206 e. The summed E-state index contributed by atoms with van der Waals surface area (Å²) in [5.41, 5.74) is -0.152. The van der Waals surface area contributed by atoms with E-state index in [9.17, 15) is 22.0 Å². The summed E-state index contributed by atoms with van der Waals surface area (Å²) in [6.07, 6.45) is -0.952. The van der Waals surface area contributed by atoms with Crippen LogP contribution >= 0.6 is 0 Å². The number of nitrogens with zero attached hydrogens (tertiary/aromatic N) is 2. The Labute approximate surface area is 141 Å². The fourth-order valence-corrected chi connectivity index (χ4v) is 2.14. The molecule has 0 aliphatic heterocycles. The molecule has 0 saturated heterocycles. The molecule has 0 unspecified atom stereocenters. The summed E-state index contributed by atoms with van der Waals surface area (Å²) in [6.45, 7) is 1.90. The van der Waals surface area contributed by atoms with Crippen LogP contribution in [-0.2, 0) is 12.6 Å². The molecule has 0 spiro atoms. The predicted molar refractivity (Wildman–Crippen MR) is 87.0 cm³/mol. The molecule has 2 nitrogen and oxygen atoms in total. The minimum Gasteiger partial charge on any atom is -0.206 e. The third kappa shape index (κ3) is 5.20. The van der Waals surface area contributed by atoms with Gasteiger partial charge >= 0.3 is 6.18 Å². The molecule has 0 saturated carbocycles. The highest BCUT2D eigenvalue weighted by Gasteiger charge is 2.29. The zero-order valence-electron chi connectivity index (χ0n) is 13.3. The molecule has 2 rings (SSSR count). The van der Waals surface area contributed by atoms with Crippen molar-refractivity contribution in [1.29, 1.82) is 0 Å². The van der Waals surface area contributed by atoms with E-state index in [1.165, 1.54) is 30.5 Å². The average molecular weight is 354 g/mol. The molecule has 0 radical (unpaired) electrons. The van der Waals surface area contributed by atoms with Crippen LogP contribution in [0.4, 0.5) is 22.0 Å². The van der Waals surface area contributed by atoms with Gasteiger partial charge in [-0.3, -0.25) is 0 Å². The summed E-state index contributed by atoms with van der Waals surface area (Å²) < 4.78 is 65.0. The number of hydrogen-bond donors (Lipinski definition) is 0. The molecule has 0 bridgehead atoms. The summed E-state index contributed by atoms with van der Waals surface area (Å²) in [7, 11) is 0. The summed E-state index contributed by atoms with van der Waals surface area (Å²) in [4.78, 5) is 0.